The average molecular weight is 455 g/mol. The molecule has 2 aromatic carbocycles. The Morgan fingerprint density at radius 3 is 2.45 bits per heavy atom. The first-order chi connectivity index (χ1) is 15.7. The molecular weight excluding hydrogens is 422 g/mol. The zero-order chi connectivity index (χ0) is 23.5. The molecule has 1 N–H and O–H groups in total. The Labute approximate surface area is 194 Å². The van der Waals surface area contributed by atoms with Crippen molar-refractivity contribution >= 4 is 6.09 Å². The van der Waals surface area contributed by atoms with Gasteiger partial charge >= 0.3 is 6.09 Å². The standard InChI is InChI=1S/C27H32F2N2O2/c1-4-16-5-6-18(12-22(16)28)20-11-19-14-27(2,3)25(21(19)13-23(20)29)31(26(32)33)24-15-30-9-7-17(24)8-10-30/h5-6,11-13,17,24-25H,4,7-10,14-15H2,1-3H3,(H,32,33)/t24-,25+/m1/s1. The van der Waals surface area contributed by atoms with Crippen molar-refractivity contribution in [1.29, 1.82) is 0 Å². The van der Waals surface area contributed by atoms with Crippen molar-refractivity contribution in [2.24, 2.45) is 11.3 Å². The van der Waals surface area contributed by atoms with E-state index in [0.717, 1.165) is 43.6 Å². The fraction of sp³-hybridized carbons (Fsp3) is 0.519. The van der Waals surface area contributed by atoms with Crippen LogP contribution in [-0.2, 0) is 12.8 Å². The van der Waals surface area contributed by atoms with Gasteiger partial charge in [0, 0.05) is 12.1 Å². The van der Waals surface area contributed by atoms with E-state index in [1.807, 2.05) is 13.0 Å². The highest BCUT2D eigenvalue weighted by Gasteiger charge is 2.50. The molecule has 3 aliphatic heterocycles. The SMILES string of the molecule is CCc1ccc(-c2cc3c(cc2F)[C@H](N(C(=O)O)[C@@H]2CN4CCC2CC4)C(C)(C)C3)cc1F. The number of carbonyl (C=O) groups is 1. The van der Waals surface area contributed by atoms with E-state index in [1.54, 1.807) is 17.0 Å². The van der Waals surface area contributed by atoms with Crippen LogP contribution in [0.25, 0.3) is 11.1 Å². The zero-order valence-electron chi connectivity index (χ0n) is 19.6. The van der Waals surface area contributed by atoms with Crippen molar-refractivity contribution in [3.05, 3.63) is 58.7 Å². The van der Waals surface area contributed by atoms with Crippen LogP contribution in [0.3, 0.4) is 0 Å². The van der Waals surface area contributed by atoms with Gasteiger partial charge in [-0.05, 0) is 90.6 Å². The molecular formula is C27H32F2N2O2. The van der Waals surface area contributed by atoms with E-state index in [1.165, 1.54) is 12.1 Å². The van der Waals surface area contributed by atoms with E-state index in [9.17, 15) is 14.3 Å². The van der Waals surface area contributed by atoms with Crippen LogP contribution in [0.4, 0.5) is 13.6 Å². The maximum Gasteiger partial charge on any atom is 0.408 e. The largest absolute Gasteiger partial charge is 0.465 e. The number of fused-ring (bicyclic) bond motifs is 4. The van der Waals surface area contributed by atoms with E-state index in [0.29, 0.717) is 35.4 Å². The molecule has 3 heterocycles. The summed E-state index contributed by atoms with van der Waals surface area (Å²) >= 11 is 0. The van der Waals surface area contributed by atoms with Gasteiger partial charge in [-0.1, -0.05) is 32.9 Å². The van der Waals surface area contributed by atoms with Gasteiger partial charge < -0.3 is 10.0 Å². The fourth-order valence-electron chi connectivity index (χ4n) is 6.49. The molecule has 2 aromatic rings. The van der Waals surface area contributed by atoms with E-state index < -0.39 is 18.0 Å². The van der Waals surface area contributed by atoms with Crippen molar-refractivity contribution in [2.45, 2.75) is 58.5 Å². The molecule has 0 spiro atoms. The summed E-state index contributed by atoms with van der Waals surface area (Å²) in [5, 5.41) is 10.3. The molecule has 1 aliphatic carbocycles. The second-order valence-electron chi connectivity index (χ2n) is 10.7. The summed E-state index contributed by atoms with van der Waals surface area (Å²) in [5.74, 6) is -0.401. The molecule has 176 valence electrons. The summed E-state index contributed by atoms with van der Waals surface area (Å²) in [5.41, 5.74) is 2.83. The fourth-order valence-corrected chi connectivity index (χ4v) is 6.49. The molecule has 6 rings (SSSR count). The first-order valence-corrected chi connectivity index (χ1v) is 12.0. The van der Waals surface area contributed by atoms with Crippen molar-refractivity contribution < 1.29 is 18.7 Å². The van der Waals surface area contributed by atoms with E-state index in [2.05, 4.69) is 18.7 Å². The Balaban J connectivity index is 1.56. The number of aryl methyl sites for hydroxylation is 1. The van der Waals surface area contributed by atoms with Crippen LogP contribution < -0.4 is 0 Å². The lowest BCUT2D eigenvalue weighted by Gasteiger charge is -2.51. The van der Waals surface area contributed by atoms with Crippen LogP contribution in [0.15, 0.2) is 30.3 Å². The van der Waals surface area contributed by atoms with Gasteiger partial charge in [0.15, 0.2) is 0 Å². The molecule has 0 saturated carbocycles. The van der Waals surface area contributed by atoms with Gasteiger partial charge in [-0.25, -0.2) is 13.6 Å². The maximum absolute atomic E-state index is 15.4. The summed E-state index contributed by atoms with van der Waals surface area (Å²) < 4.78 is 29.8. The molecule has 33 heavy (non-hydrogen) atoms. The van der Waals surface area contributed by atoms with Crippen LogP contribution in [-0.4, -0.2) is 46.7 Å². The topological polar surface area (TPSA) is 43.8 Å². The molecule has 3 saturated heterocycles. The number of nitrogens with zero attached hydrogens (tertiary/aromatic N) is 2. The maximum atomic E-state index is 15.4. The van der Waals surface area contributed by atoms with E-state index >= 15 is 4.39 Å². The van der Waals surface area contributed by atoms with E-state index in [-0.39, 0.29) is 17.3 Å². The number of carboxylic acid groups (broad SMARTS) is 1. The third-order valence-electron chi connectivity index (χ3n) is 8.13. The van der Waals surface area contributed by atoms with Gasteiger partial charge in [-0.2, -0.15) is 0 Å². The Morgan fingerprint density at radius 2 is 1.88 bits per heavy atom. The Hall–Kier alpha value is -2.47. The smallest absolute Gasteiger partial charge is 0.408 e. The van der Waals surface area contributed by atoms with Crippen molar-refractivity contribution in [1.82, 2.24) is 9.80 Å². The number of piperidine rings is 3. The molecule has 6 heteroatoms. The second kappa shape index (κ2) is 8.08. The molecule has 0 radical (unpaired) electrons. The lowest BCUT2D eigenvalue weighted by atomic mass is 9.79. The molecule has 2 bridgehead atoms. The van der Waals surface area contributed by atoms with Gasteiger partial charge in [0.25, 0.3) is 0 Å². The van der Waals surface area contributed by atoms with Gasteiger partial charge in [0.1, 0.15) is 11.6 Å². The predicted octanol–water partition coefficient (Wildman–Crippen LogP) is 5.89. The molecule has 0 aromatic heterocycles. The highest BCUT2D eigenvalue weighted by Crippen LogP contribution is 2.52. The summed E-state index contributed by atoms with van der Waals surface area (Å²) in [7, 11) is 0. The Morgan fingerprint density at radius 1 is 1.15 bits per heavy atom. The zero-order valence-corrected chi connectivity index (χ0v) is 19.6. The summed E-state index contributed by atoms with van der Waals surface area (Å²) in [4.78, 5) is 16.6. The summed E-state index contributed by atoms with van der Waals surface area (Å²) in [6.07, 6.45) is 2.34. The minimum Gasteiger partial charge on any atom is -0.465 e. The molecule has 3 fully saturated rings. The predicted molar refractivity (Wildman–Crippen MR) is 124 cm³/mol. The number of halogens is 2. The number of amides is 1. The first-order valence-electron chi connectivity index (χ1n) is 12.0. The third kappa shape index (κ3) is 3.72. The van der Waals surface area contributed by atoms with Crippen molar-refractivity contribution in [3.8, 4) is 11.1 Å². The van der Waals surface area contributed by atoms with E-state index in [4.69, 9.17) is 0 Å². The molecule has 4 nitrogen and oxygen atoms in total. The van der Waals surface area contributed by atoms with Gasteiger partial charge in [0.2, 0.25) is 0 Å². The molecule has 2 atom stereocenters. The van der Waals surface area contributed by atoms with Crippen LogP contribution in [0, 0.1) is 23.0 Å². The molecule has 0 unspecified atom stereocenters. The third-order valence-corrected chi connectivity index (χ3v) is 8.13. The van der Waals surface area contributed by atoms with Crippen LogP contribution in [0.1, 0.15) is 56.3 Å². The Bertz CT molecular complexity index is 1090. The summed E-state index contributed by atoms with van der Waals surface area (Å²) in [6, 6.07) is 7.72. The van der Waals surface area contributed by atoms with Crippen molar-refractivity contribution in [2.75, 3.05) is 19.6 Å². The van der Waals surface area contributed by atoms with Crippen molar-refractivity contribution in [3.63, 3.8) is 0 Å². The van der Waals surface area contributed by atoms with Gasteiger partial charge in [-0.15, -0.1) is 0 Å². The number of rotatable bonds is 4. The average Bonchev–Trinajstić information content (AvgIpc) is 3.03. The summed E-state index contributed by atoms with van der Waals surface area (Å²) in [6.45, 7) is 8.85. The minimum atomic E-state index is -0.929. The lowest BCUT2D eigenvalue weighted by Crippen LogP contribution is -2.60. The Kier molecular flexibility index (Phi) is 5.47. The van der Waals surface area contributed by atoms with Crippen LogP contribution in [0.2, 0.25) is 0 Å². The van der Waals surface area contributed by atoms with Crippen LogP contribution in [0.5, 0.6) is 0 Å². The number of hydrogen-bond acceptors (Lipinski definition) is 2. The molecule has 1 amide bonds. The number of benzene rings is 2. The molecule has 4 aliphatic rings. The van der Waals surface area contributed by atoms with Gasteiger partial charge in [0.05, 0.1) is 12.1 Å². The monoisotopic (exact) mass is 454 g/mol. The minimum absolute atomic E-state index is 0.0707. The van der Waals surface area contributed by atoms with Crippen LogP contribution >= 0.6 is 0 Å². The van der Waals surface area contributed by atoms with Gasteiger partial charge in [-0.3, -0.25) is 4.90 Å². The quantitative estimate of drug-likeness (QED) is 0.626. The highest BCUT2D eigenvalue weighted by atomic mass is 19.1. The lowest BCUT2D eigenvalue weighted by molar-refractivity contribution is -0.0267. The first kappa shape index (κ1) is 22.3. The second-order valence-corrected chi connectivity index (χ2v) is 10.7. The number of hydrogen-bond donors (Lipinski definition) is 1. The highest BCUT2D eigenvalue weighted by molar-refractivity contribution is 5.70. The normalized spacial score (nSPS) is 27.4.